The van der Waals surface area contributed by atoms with Crippen molar-refractivity contribution in [2.45, 2.75) is 13.0 Å². The molecule has 0 saturated carbocycles. The summed E-state index contributed by atoms with van der Waals surface area (Å²) >= 11 is 1.20. The molecule has 1 aliphatic heterocycles. The standard InChI is InChI=1S/C35H28N2O7S/c1-4-43-34(40)29-30(22-9-6-5-7-10-22)36-35-37(31(29)24-11-8-12-25(19-24)41-2)32(38)28(45-35)20-26-17-18-27(44-26)21-13-15-23(16-14-21)33(39)42-3/h5-20,31H,4H2,1-3H3/b28-20-/t31-/m0/s1. The van der Waals surface area contributed by atoms with Gasteiger partial charge in [0.25, 0.3) is 5.56 Å². The zero-order chi connectivity index (χ0) is 31.5. The van der Waals surface area contributed by atoms with E-state index in [1.165, 1.54) is 23.0 Å². The summed E-state index contributed by atoms with van der Waals surface area (Å²) in [5.74, 6) is 0.620. The molecule has 0 fully saturated rings. The molecule has 226 valence electrons. The SMILES string of the molecule is CCOC(=O)C1=C(c2ccccc2)N=c2s/c(=C\c3ccc(-c4ccc(C(=O)OC)cc4)o3)c(=O)n2[C@H]1c1cccc(OC)c1. The molecule has 1 aliphatic rings. The maximum Gasteiger partial charge on any atom is 0.338 e. The van der Waals surface area contributed by atoms with Gasteiger partial charge >= 0.3 is 11.9 Å². The zero-order valence-corrected chi connectivity index (χ0v) is 25.5. The van der Waals surface area contributed by atoms with Gasteiger partial charge in [0.15, 0.2) is 4.80 Å². The van der Waals surface area contributed by atoms with Crippen molar-refractivity contribution >= 4 is 35.0 Å². The summed E-state index contributed by atoms with van der Waals surface area (Å²) in [7, 11) is 2.89. The second-order valence-electron chi connectivity index (χ2n) is 9.98. The normalized spacial score (nSPS) is 14.5. The highest BCUT2D eigenvalue weighted by atomic mass is 32.1. The van der Waals surface area contributed by atoms with E-state index in [-0.39, 0.29) is 17.7 Å². The van der Waals surface area contributed by atoms with E-state index >= 15 is 0 Å². The Morgan fingerprint density at radius 3 is 2.42 bits per heavy atom. The van der Waals surface area contributed by atoms with Gasteiger partial charge in [0.1, 0.15) is 17.3 Å². The Labute approximate surface area is 262 Å². The van der Waals surface area contributed by atoms with Crippen molar-refractivity contribution in [1.29, 1.82) is 0 Å². The number of thiazole rings is 1. The lowest BCUT2D eigenvalue weighted by atomic mass is 9.93. The highest BCUT2D eigenvalue weighted by Gasteiger charge is 2.35. The van der Waals surface area contributed by atoms with Gasteiger partial charge in [-0.3, -0.25) is 9.36 Å². The number of hydrogen-bond donors (Lipinski definition) is 0. The summed E-state index contributed by atoms with van der Waals surface area (Å²) in [6.07, 6.45) is 1.66. The molecule has 0 bridgehead atoms. The molecule has 2 aromatic heterocycles. The van der Waals surface area contributed by atoms with Crippen LogP contribution in [0.3, 0.4) is 0 Å². The molecule has 0 aliphatic carbocycles. The van der Waals surface area contributed by atoms with Crippen LogP contribution in [0.25, 0.3) is 23.1 Å². The van der Waals surface area contributed by atoms with Crippen molar-refractivity contribution in [1.82, 2.24) is 4.57 Å². The predicted octanol–water partition coefficient (Wildman–Crippen LogP) is 4.99. The Morgan fingerprint density at radius 2 is 1.71 bits per heavy atom. The number of ether oxygens (including phenoxy) is 3. The molecule has 9 nitrogen and oxygen atoms in total. The number of methoxy groups -OCH3 is 2. The Morgan fingerprint density at radius 1 is 0.933 bits per heavy atom. The molecule has 0 radical (unpaired) electrons. The van der Waals surface area contributed by atoms with Crippen LogP contribution in [0.4, 0.5) is 0 Å². The molecule has 0 spiro atoms. The summed E-state index contributed by atoms with van der Waals surface area (Å²) in [5.41, 5.74) is 2.94. The van der Waals surface area contributed by atoms with E-state index in [9.17, 15) is 14.4 Å². The van der Waals surface area contributed by atoms with Crippen LogP contribution in [0.1, 0.15) is 40.2 Å². The molecule has 6 rings (SSSR count). The molecular formula is C35H28N2O7S. The van der Waals surface area contributed by atoms with Gasteiger partial charge in [-0.1, -0.05) is 65.9 Å². The van der Waals surface area contributed by atoms with E-state index in [0.717, 1.165) is 11.1 Å². The van der Waals surface area contributed by atoms with Crippen LogP contribution in [0.5, 0.6) is 5.75 Å². The zero-order valence-electron chi connectivity index (χ0n) is 24.7. The Hall–Kier alpha value is -5.48. The fourth-order valence-corrected chi connectivity index (χ4v) is 6.15. The number of aromatic nitrogens is 1. The Bertz CT molecular complexity index is 2110. The lowest BCUT2D eigenvalue weighted by Gasteiger charge is -2.26. The van der Waals surface area contributed by atoms with Crippen LogP contribution < -0.4 is 19.6 Å². The molecule has 0 N–H and O–H groups in total. The molecule has 0 saturated heterocycles. The first-order valence-electron chi connectivity index (χ1n) is 14.1. The number of rotatable bonds is 8. The van der Waals surface area contributed by atoms with Gasteiger partial charge in [-0.15, -0.1) is 0 Å². The maximum atomic E-state index is 14.1. The van der Waals surface area contributed by atoms with Gasteiger partial charge < -0.3 is 18.6 Å². The van der Waals surface area contributed by atoms with Crippen LogP contribution in [0, 0.1) is 0 Å². The first-order chi connectivity index (χ1) is 21.9. The summed E-state index contributed by atoms with van der Waals surface area (Å²) in [4.78, 5) is 44.8. The molecular weight excluding hydrogens is 592 g/mol. The predicted molar refractivity (Wildman–Crippen MR) is 170 cm³/mol. The number of nitrogens with zero attached hydrogens (tertiary/aromatic N) is 2. The molecule has 5 aromatic rings. The molecule has 0 unspecified atom stereocenters. The van der Waals surface area contributed by atoms with Crippen molar-refractivity contribution in [3.8, 4) is 17.1 Å². The van der Waals surface area contributed by atoms with Gasteiger partial charge in [0.2, 0.25) is 0 Å². The van der Waals surface area contributed by atoms with Crippen molar-refractivity contribution in [2.75, 3.05) is 20.8 Å². The van der Waals surface area contributed by atoms with Crippen molar-refractivity contribution < 1.29 is 28.2 Å². The summed E-state index contributed by atoms with van der Waals surface area (Å²) in [6, 6.07) is 26.2. The van der Waals surface area contributed by atoms with Gasteiger partial charge in [-0.25, -0.2) is 14.6 Å². The summed E-state index contributed by atoms with van der Waals surface area (Å²) in [6.45, 7) is 1.90. The van der Waals surface area contributed by atoms with E-state index in [4.69, 9.17) is 23.6 Å². The number of furan rings is 1. The topological polar surface area (TPSA) is 109 Å². The molecule has 10 heteroatoms. The highest BCUT2D eigenvalue weighted by molar-refractivity contribution is 7.07. The Balaban J connectivity index is 1.51. The average Bonchev–Trinajstić information content (AvgIpc) is 3.68. The Kier molecular flexibility index (Phi) is 8.30. The van der Waals surface area contributed by atoms with Crippen LogP contribution in [-0.2, 0) is 14.3 Å². The van der Waals surface area contributed by atoms with E-state index in [1.54, 1.807) is 68.6 Å². The first-order valence-corrected chi connectivity index (χ1v) is 14.9. The quantitative estimate of drug-likeness (QED) is 0.225. The molecule has 0 amide bonds. The smallest absolute Gasteiger partial charge is 0.338 e. The van der Waals surface area contributed by atoms with Crippen molar-refractivity contribution in [3.63, 3.8) is 0 Å². The third-order valence-corrected chi connectivity index (χ3v) is 8.26. The number of fused-ring (bicyclic) bond motifs is 1. The minimum Gasteiger partial charge on any atom is -0.497 e. The maximum absolute atomic E-state index is 14.1. The fraction of sp³-hybridized carbons (Fsp3) is 0.143. The summed E-state index contributed by atoms with van der Waals surface area (Å²) in [5, 5.41) is 0. The van der Waals surface area contributed by atoms with Crippen LogP contribution in [-0.4, -0.2) is 37.3 Å². The average molecular weight is 621 g/mol. The highest BCUT2D eigenvalue weighted by Crippen LogP contribution is 2.36. The van der Waals surface area contributed by atoms with E-state index in [1.807, 2.05) is 42.5 Å². The molecule has 1 atom stereocenters. The molecule has 3 aromatic carbocycles. The van der Waals surface area contributed by atoms with Crippen molar-refractivity contribution in [3.05, 3.63) is 139 Å². The summed E-state index contributed by atoms with van der Waals surface area (Å²) < 4.78 is 23.7. The lowest BCUT2D eigenvalue weighted by molar-refractivity contribution is -0.138. The van der Waals surface area contributed by atoms with E-state index < -0.39 is 18.0 Å². The number of esters is 2. The largest absolute Gasteiger partial charge is 0.497 e. The van der Waals surface area contributed by atoms with E-state index in [2.05, 4.69) is 0 Å². The molecule has 3 heterocycles. The van der Waals surface area contributed by atoms with Gasteiger partial charge in [0.05, 0.1) is 48.2 Å². The van der Waals surface area contributed by atoms with Gasteiger partial charge in [-0.05, 0) is 48.9 Å². The van der Waals surface area contributed by atoms with Crippen LogP contribution in [0.2, 0.25) is 0 Å². The number of hydrogen-bond acceptors (Lipinski definition) is 9. The lowest BCUT2D eigenvalue weighted by Crippen LogP contribution is -2.40. The third kappa shape index (κ3) is 5.75. The second kappa shape index (κ2) is 12.6. The second-order valence-corrected chi connectivity index (χ2v) is 11.0. The van der Waals surface area contributed by atoms with Gasteiger partial charge in [0, 0.05) is 17.2 Å². The van der Waals surface area contributed by atoms with Crippen molar-refractivity contribution in [2.24, 2.45) is 4.99 Å². The number of carbonyl (C=O) groups excluding carboxylic acids is 2. The number of benzene rings is 3. The number of carbonyl (C=O) groups is 2. The van der Waals surface area contributed by atoms with Gasteiger partial charge in [-0.2, -0.15) is 0 Å². The van der Waals surface area contributed by atoms with Crippen LogP contribution in [0.15, 0.2) is 111 Å². The minimum atomic E-state index is -0.826. The minimum absolute atomic E-state index is 0.159. The molecule has 45 heavy (non-hydrogen) atoms. The van der Waals surface area contributed by atoms with Crippen LogP contribution >= 0.6 is 11.3 Å². The van der Waals surface area contributed by atoms with E-state index in [0.29, 0.717) is 43.4 Å². The first kappa shape index (κ1) is 29.6. The monoisotopic (exact) mass is 620 g/mol. The fourth-order valence-electron chi connectivity index (χ4n) is 5.17. The third-order valence-electron chi connectivity index (χ3n) is 7.27.